The van der Waals surface area contributed by atoms with Crippen molar-refractivity contribution in [1.29, 1.82) is 0 Å². The molecule has 0 aliphatic carbocycles. The van der Waals surface area contributed by atoms with Crippen molar-refractivity contribution < 1.29 is 23.5 Å². The Morgan fingerprint density at radius 1 is 1.02 bits per heavy atom. The molecule has 0 saturated carbocycles. The Labute approximate surface area is 251 Å². The van der Waals surface area contributed by atoms with Crippen molar-refractivity contribution in [3.05, 3.63) is 63.9 Å². The largest absolute Gasteiger partial charge is 0.497 e. The second-order valence-corrected chi connectivity index (χ2v) is 18.2. The molecule has 2 aromatic carbocycles. The second-order valence-electron chi connectivity index (χ2n) is 12.3. The second kappa shape index (κ2) is 13.2. The van der Waals surface area contributed by atoms with Gasteiger partial charge in [-0.1, -0.05) is 31.8 Å². The van der Waals surface area contributed by atoms with Gasteiger partial charge >= 0.3 is 0 Å². The minimum Gasteiger partial charge on any atom is -0.497 e. The first kappa shape index (κ1) is 30.5. The van der Waals surface area contributed by atoms with Crippen LogP contribution in [0.3, 0.4) is 0 Å². The molecule has 4 heterocycles. The Morgan fingerprint density at radius 2 is 1.76 bits per heavy atom. The lowest BCUT2D eigenvalue weighted by atomic mass is 10.0. The molecule has 11 heteroatoms. The van der Waals surface area contributed by atoms with Gasteiger partial charge in [0.2, 0.25) is 5.43 Å². The topological polar surface area (TPSA) is 82.5 Å². The molecular weight excluding hydrogens is 569 g/mol. The molecule has 6 rings (SSSR count). The highest BCUT2D eigenvalue weighted by atomic mass is 31.0. The lowest BCUT2D eigenvalue weighted by molar-refractivity contribution is 0.0678. The first-order chi connectivity index (χ1) is 20.2. The van der Waals surface area contributed by atoms with Crippen LogP contribution in [0.2, 0.25) is 25.7 Å². The zero-order valence-electron chi connectivity index (χ0n) is 25.1. The summed E-state index contributed by atoms with van der Waals surface area (Å²) >= 11 is 0. The summed E-state index contributed by atoms with van der Waals surface area (Å²) in [5.74, 6) is 1.45. The summed E-state index contributed by atoms with van der Waals surface area (Å²) in [6.07, 6.45) is 3.55. The predicted octanol–water partition coefficient (Wildman–Crippen LogP) is 4.99. The Bertz CT molecular complexity index is 1460. The minimum atomic E-state index is -1.29. The van der Waals surface area contributed by atoms with Gasteiger partial charge in [-0.15, -0.1) is 0 Å². The van der Waals surface area contributed by atoms with Crippen LogP contribution in [0.25, 0.3) is 10.9 Å². The van der Waals surface area contributed by atoms with E-state index >= 15 is 0 Å². The number of nitrogens with zero attached hydrogens (tertiary/aromatic N) is 3. The van der Waals surface area contributed by atoms with Crippen molar-refractivity contribution in [2.24, 2.45) is 0 Å². The molecule has 1 atom stereocenters. The van der Waals surface area contributed by atoms with Gasteiger partial charge in [0.15, 0.2) is 11.5 Å². The maximum absolute atomic E-state index is 13.9. The Balaban J connectivity index is 1.50. The van der Waals surface area contributed by atoms with Crippen LogP contribution >= 0.6 is 9.47 Å². The molecule has 1 amide bonds. The summed E-state index contributed by atoms with van der Waals surface area (Å²) in [6.45, 7) is 11.5. The first-order valence-electron chi connectivity index (χ1n) is 14.6. The molecule has 1 aromatic heterocycles. The molecule has 2 bridgehead atoms. The van der Waals surface area contributed by atoms with E-state index in [1.807, 2.05) is 33.7 Å². The van der Waals surface area contributed by atoms with Gasteiger partial charge in [0.1, 0.15) is 24.7 Å². The summed E-state index contributed by atoms with van der Waals surface area (Å²) < 4.78 is 25.0. The van der Waals surface area contributed by atoms with E-state index in [1.54, 1.807) is 25.4 Å². The third kappa shape index (κ3) is 7.00. The predicted molar refractivity (Wildman–Crippen MR) is 170 cm³/mol. The summed E-state index contributed by atoms with van der Waals surface area (Å²) in [4.78, 5) is 32.2. The fraction of sp³-hybridized carbons (Fsp3) is 0.484. The SMILES string of the molecule is COc1ccc(COc2cc3c(cc2OP)c(=O)c(C(=O)N2CCN4CCC2CC4)cn3COCC[Si](C)(C)C)cc1. The van der Waals surface area contributed by atoms with Crippen LogP contribution in [0.4, 0.5) is 0 Å². The average Bonchev–Trinajstić information content (AvgIpc) is 3.32. The lowest BCUT2D eigenvalue weighted by Gasteiger charge is -2.31. The summed E-state index contributed by atoms with van der Waals surface area (Å²) in [5, 5.41) is 0.395. The van der Waals surface area contributed by atoms with E-state index in [0.717, 1.165) is 49.8 Å². The quantitative estimate of drug-likeness (QED) is 0.172. The lowest BCUT2D eigenvalue weighted by Crippen LogP contribution is -2.43. The maximum Gasteiger partial charge on any atom is 0.259 e. The minimum absolute atomic E-state index is 0.160. The number of aromatic nitrogens is 1. The van der Waals surface area contributed by atoms with Gasteiger partial charge in [-0.2, -0.15) is 0 Å². The van der Waals surface area contributed by atoms with Crippen molar-refractivity contribution in [2.75, 3.05) is 39.9 Å². The molecule has 3 aliphatic heterocycles. The maximum atomic E-state index is 13.9. The van der Waals surface area contributed by atoms with Crippen LogP contribution in [-0.2, 0) is 18.1 Å². The molecule has 3 fully saturated rings. The van der Waals surface area contributed by atoms with E-state index in [-0.39, 0.29) is 29.7 Å². The van der Waals surface area contributed by atoms with Crippen LogP contribution in [0.5, 0.6) is 17.2 Å². The zero-order valence-corrected chi connectivity index (χ0v) is 27.2. The van der Waals surface area contributed by atoms with Gasteiger partial charge in [0, 0.05) is 59.2 Å². The Morgan fingerprint density at radius 3 is 2.43 bits per heavy atom. The number of carbonyl (C=O) groups is 1. The summed E-state index contributed by atoms with van der Waals surface area (Å²) in [6, 6.07) is 12.3. The number of pyridine rings is 1. The highest BCUT2D eigenvalue weighted by molar-refractivity contribution is 7.10. The number of methoxy groups -OCH3 is 1. The highest BCUT2D eigenvalue weighted by Gasteiger charge is 2.33. The number of rotatable bonds is 11. The van der Waals surface area contributed by atoms with Gasteiger partial charge in [0.05, 0.1) is 27.5 Å². The number of piperidine rings is 1. The smallest absolute Gasteiger partial charge is 0.259 e. The van der Waals surface area contributed by atoms with Crippen LogP contribution < -0.4 is 19.4 Å². The average molecular weight is 612 g/mol. The van der Waals surface area contributed by atoms with Gasteiger partial charge in [0.25, 0.3) is 5.91 Å². The monoisotopic (exact) mass is 611 g/mol. The van der Waals surface area contributed by atoms with Crippen molar-refractivity contribution in [3.63, 3.8) is 0 Å². The molecule has 1 unspecified atom stereocenters. The first-order valence-corrected chi connectivity index (χ1v) is 18.8. The summed E-state index contributed by atoms with van der Waals surface area (Å²) in [7, 11) is 2.58. The summed E-state index contributed by atoms with van der Waals surface area (Å²) in [5.41, 5.74) is 1.44. The van der Waals surface area contributed by atoms with Crippen LogP contribution in [0, 0.1) is 0 Å². The molecule has 0 N–H and O–H groups in total. The van der Waals surface area contributed by atoms with Gasteiger partial charge in [-0.05, 0) is 42.6 Å². The molecule has 226 valence electrons. The number of ether oxygens (including phenoxy) is 3. The molecule has 3 aliphatic rings. The van der Waals surface area contributed by atoms with Crippen LogP contribution in [0.15, 0.2) is 47.4 Å². The Kier molecular flexibility index (Phi) is 9.57. The van der Waals surface area contributed by atoms with Crippen molar-refractivity contribution in [2.45, 2.75) is 57.9 Å². The number of fused-ring (bicyclic) bond motifs is 5. The molecule has 0 spiro atoms. The molecule has 3 saturated heterocycles. The van der Waals surface area contributed by atoms with Crippen molar-refractivity contribution >= 4 is 34.4 Å². The van der Waals surface area contributed by atoms with Gasteiger partial charge < -0.3 is 33.1 Å². The third-order valence-corrected chi connectivity index (χ3v) is 10.2. The number of carbonyl (C=O) groups excluding carboxylic acids is 1. The molecule has 42 heavy (non-hydrogen) atoms. The van der Waals surface area contributed by atoms with E-state index in [4.69, 9.17) is 18.7 Å². The van der Waals surface area contributed by atoms with E-state index in [1.165, 1.54) is 0 Å². The Hall–Kier alpha value is -2.91. The number of benzene rings is 2. The zero-order chi connectivity index (χ0) is 29.9. The number of hydrogen-bond donors (Lipinski definition) is 0. The molecule has 9 nitrogen and oxygen atoms in total. The van der Waals surface area contributed by atoms with Crippen LogP contribution in [-0.4, -0.2) is 74.3 Å². The molecule has 0 radical (unpaired) electrons. The fourth-order valence-corrected chi connectivity index (χ4v) is 6.54. The van der Waals surface area contributed by atoms with Crippen LogP contribution in [0.1, 0.15) is 28.8 Å². The third-order valence-electron chi connectivity index (χ3n) is 8.20. The van der Waals surface area contributed by atoms with E-state index < -0.39 is 8.07 Å². The standard InChI is InChI=1S/C31H42N3O6PSi/c1-37-24-7-5-22(6-8-24)20-39-28-18-27-25(17-29(28)40-41)30(35)26(19-33(27)21-38-15-16-42(2,3)4)31(36)34-14-13-32-11-9-23(34)10-12-32/h5-8,17-19,23H,9-16,20-21,41H2,1-4H3. The van der Waals surface area contributed by atoms with Crippen molar-refractivity contribution in [1.82, 2.24) is 14.4 Å². The number of hydrogen-bond acceptors (Lipinski definition) is 7. The van der Waals surface area contributed by atoms with Gasteiger partial charge in [-0.3, -0.25) is 9.59 Å². The fourth-order valence-electron chi connectivity index (χ4n) is 5.59. The van der Waals surface area contributed by atoms with Gasteiger partial charge in [-0.25, -0.2) is 0 Å². The molecule has 3 aromatic rings. The normalized spacial score (nSPS) is 18.6. The molecular formula is C31H42N3O6PSi. The highest BCUT2D eigenvalue weighted by Crippen LogP contribution is 2.34. The van der Waals surface area contributed by atoms with E-state index in [2.05, 4.69) is 34.0 Å². The van der Waals surface area contributed by atoms with E-state index in [0.29, 0.717) is 42.2 Å². The number of amides is 1. The van der Waals surface area contributed by atoms with E-state index in [9.17, 15) is 9.59 Å². The van der Waals surface area contributed by atoms with Crippen molar-refractivity contribution in [3.8, 4) is 17.2 Å².